The van der Waals surface area contributed by atoms with Gasteiger partial charge >= 0.3 is 7.69 Å². The highest BCUT2D eigenvalue weighted by atomic mass is 16.5. The SMILES string of the molecule is CC1(C)c2ccc(Oc3cccc(N(c4ccc(-c5ccccc5)cc4)c4ccc(-c5ccccc5)cc4)c3OBO)cc2-c2ccc(N(c3ccccc3)c3ccccc3)cc21. The molecule has 0 saturated carbocycles. The van der Waals surface area contributed by atoms with Crippen molar-refractivity contribution >= 4 is 41.8 Å². The van der Waals surface area contributed by atoms with Gasteiger partial charge in [0.25, 0.3) is 0 Å². The summed E-state index contributed by atoms with van der Waals surface area (Å²) in [5.41, 5.74) is 14.9. The second-order valence-corrected chi connectivity index (χ2v) is 16.2. The molecule has 6 heteroatoms. The van der Waals surface area contributed by atoms with Gasteiger partial charge in [-0.15, -0.1) is 0 Å². The minimum Gasteiger partial charge on any atom is -0.535 e. The monoisotopic (exact) mass is 816 g/mol. The molecule has 1 N–H and O–H groups in total. The first-order valence-electron chi connectivity index (χ1n) is 21.3. The van der Waals surface area contributed by atoms with Crippen LogP contribution in [0.4, 0.5) is 34.1 Å². The van der Waals surface area contributed by atoms with Gasteiger partial charge < -0.3 is 24.2 Å². The third kappa shape index (κ3) is 7.62. The van der Waals surface area contributed by atoms with Crippen LogP contribution >= 0.6 is 0 Å². The molecule has 5 nitrogen and oxygen atoms in total. The van der Waals surface area contributed by atoms with Crippen LogP contribution in [0.3, 0.4) is 0 Å². The lowest BCUT2D eigenvalue weighted by molar-refractivity contribution is 0.417. The van der Waals surface area contributed by atoms with Gasteiger partial charge in [0.2, 0.25) is 0 Å². The van der Waals surface area contributed by atoms with Crippen molar-refractivity contribution in [3.63, 3.8) is 0 Å². The quantitative estimate of drug-likeness (QED) is 0.124. The van der Waals surface area contributed by atoms with E-state index in [0.29, 0.717) is 17.2 Å². The molecular weight excluding hydrogens is 771 g/mol. The highest BCUT2D eigenvalue weighted by Crippen LogP contribution is 2.53. The van der Waals surface area contributed by atoms with Crippen molar-refractivity contribution in [2.45, 2.75) is 19.3 Å². The molecular formula is C57H45BN2O3. The zero-order chi connectivity index (χ0) is 42.8. The molecule has 0 amide bonds. The molecule has 9 aromatic carbocycles. The average molecular weight is 817 g/mol. The zero-order valence-electron chi connectivity index (χ0n) is 35.2. The Bertz CT molecular complexity index is 2870. The number of para-hydroxylation sites is 3. The molecule has 0 unspecified atom stereocenters. The van der Waals surface area contributed by atoms with Crippen LogP contribution in [0.25, 0.3) is 33.4 Å². The van der Waals surface area contributed by atoms with Crippen LogP contribution in [0.1, 0.15) is 25.0 Å². The van der Waals surface area contributed by atoms with E-state index in [1.54, 1.807) is 0 Å². The van der Waals surface area contributed by atoms with Crippen molar-refractivity contribution in [1.29, 1.82) is 0 Å². The van der Waals surface area contributed by atoms with E-state index in [9.17, 15) is 5.02 Å². The van der Waals surface area contributed by atoms with E-state index in [2.05, 4.69) is 212 Å². The number of nitrogens with zero attached hydrogens (tertiary/aromatic N) is 2. The van der Waals surface area contributed by atoms with Crippen LogP contribution in [0.5, 0.6) is 17.2 Å². The topological polar surface area (TPSA) is 45.2 Å². The lowest BCUT2D eigenvalue weighted by Crippen LogP contribution is -2.16. The highest BCUT2D eigenvalue weighted by Gasteiger charge is 2.36. The Morgan fingerprint density at radius 1 is 0.413 bits per heavy atom. The van der Waals surface area contributed by atoms with Crippen molar-refractivity contribution in [2.75, 3.05) is 9.80 Å². The molecule has 0 aromatic heterocycles. The Morgan fingerprint density at radius 3 is 1.44 bits per heavy atom. The fourth-order valence-electron chi connectivity index (χ4n) is 8.92. The number of rotatable bonds is 12. The number of fused-ring (bicyclic) bond motifs is 3. The van der Waals surface area contributed by atoms with Gasteiger partial charge in [-0.1, -0.05) is 153 Å². The van der Waals surface area contributed by atoms with Crippen LogP contribution in [0.15, 0.2) is 224 Å². The van der Waals surface area contributed by atoms with E-state index in [-0.39, 0.29) is 5.41 Å². The van der Waals surface area contributed by atoms with E-state index in [1.807, 2.05) is 36.4 Å². The number of benzene rings is 9. The van der Waals surface area contributed by atoms with Crippen molar-refractivity contribution in [2.24, 2.45) is 0 Å². The standard InChI is InChI=1S/C57H45BN2O3/c1-57(2)52-37-35-49(39-51(52)50-36-34-48(38-53(50)57)59(44-20-11-5-12-21-44)45-22-13-6-14-23-45)62-55-25-15-24-54(56(55)63-58-61)60(46-30-26-42(27-31-46)40-16-7-3-8-17-40)47-32-28-43(29-33-47)41-18-9-4-10-19-41/h3-39,58,61H,1-2H3. The molecule has 0 radical (unpaired) electrons. The molecule has 1 aliphatic rings. The summed E-state index contributed by atoms with van der Waals surface area (Å²) in [5.74, 6) is 1.58. The van der Waals surface area contributed by atoms with Crippen molar-refractivity contribution in [3.05, 3.63) is 236 Å². The summed E-state index contributed by atoms with van der Waals surface area (Å²) in [7, 11) is -0.530. The second kappa shape index (κ2) is 16.9. The molecule has 0 spiro atoms. The fraction of sp³-hybridized carbons (Fsp3) is 0.0526. The normalized spacial score (nSPS) is 12.2. The molecule has 9 aromatic rings. The second-order valence-electron chi connectivity index (χ2n) is 16.2. The number of hydrogen-bond donors (Lipinski definition) is 1. The van der Waals surface area contributed by atoms with Crippen molar-refractivity contribution < 1.29 is 14.4 Å². The van der Waals surface area contributed by atoms with E-state index in [4.69, 9.17) is 9.39 Å². The van der Waals surface area contributed by atoms with E-state index in [1.165, 1.54) is 16.7 Å². The Kier molecular flexibility index (Phi) is 10.6. The summed E-state index contributed by atoms with van der Waals surface area (Å²) in [5, 5.41) is 10.4. The molecule has 1 aliphatic carbocycles. The summed E-state index contributed by atoms with van der Waals surface area (Å²) in [6, 6.07) is 77.8. The molecule has 0 heterocycles. The Balaban J connectivity index is 1.02. The lowest BCUT2D eigenvalue weighted by Gasteiger charge is -2.28. The van der Waals surface area contributed by atoms with Crippen LogP contribution in [-0.2, 0) is 5.41 Å². The van der Waals surface area contributed by atoms with Gasteiger partial charge in [-0.05, 0) is 129 Å². The third-order valence-corrected chi connectivity index (χ3v) is 12.0. The maximum absolute atomic E-state index is 10.4. The molecule has 304 valence electrons. The maximum atomic E-state index is 10.4. The summed E-state index contributed by atoms with van der Waals surface area (Å²) in [6.07, 6.45) is 0. The van der Waals surface area contributed by atoms with Crippen LogP contribution < -0.4 is 19.2 Å². The van der Waals surface area contributed by atoms with Gasteiger partial charge in [0, 0.05) is 33.9 Å². The van der Waals surface area contributed by atoms with Gasteiger partial charge in [-0.3, -0.25) is 0 Å². The maximum Gasteiger partial charge on any atom is 0.504 e. The Hall–Kier alpha value is -7.80. The highest BCUT2D eigenvalue weighted by molar-refractivity contribution is 6.18. The van der Waals surface area contributed by atoms with E-state index >= 15 is 0 Å². The predicted octanol–water partition coefficient (Wildman–Crippen LogP) is 14.7. The number of hydrogen-bond acceptors (Lipinski definition) is 5. The molecule has 0 fully saturated rings. The van der Waals surface area contributed by atoms with Gasteiger partial charge in [-0.25, -0.2) is 0 Å². The smallest absolute Gasteiger partial charge is 0.504 e. The first-order chi connectivity index (χ1) is 31.0. The molecule has 63 heavy (non-hydrogen) atoms. The van der Waals surface area contributed by atoms with Crippen LogP contribution in [0.2, 0.25) is 0 Å². The van der Waals surface area contributed by atoms with Crippen LogP contribution in [-0.4, -0.2) is 12.7 Å². The summed E-state index contributed by atoms with van der Waals surface area (Å²) in [6.45, 7) is 4.59. The first-order valence-corrected chi connectivity index (χ1v) is 21.3. The third-order valence-electron chi connectivity index (χ3n) is 12.0. The number of ether oxygens (including phenoxy) is 1. The van der Waals surface area contributed by atoms with Crippen molar-refractivity contribution in [3.8, 4) is 50.6 Å². The van der Waals surface area contributed by atoms with Crippen molar-refractivity contribution in [1.82, 2.24) is 0 Å². The molecule has 0 saturated heterocycles. The zero-order valence-corrected chi connectivity index (χ0v) is 35.2. The van der Waals surface area contributed by atoms with E-state index in [0.717, 1.165) is 61.9 Å². The largest absolute Gasteiger partial charge is 0.535 e. The molecule has 0 aliphatic heterocycles. The molecule has 0 bridgehead atoms. The van der Waals surface area contributed by atoms with Gasteiger partial charge in [0.1, 0.15) is 5.75 Å². The summed E-state index contributed by atoms with van der Waals surface area (Å²) >= 11 is 0. The van der Waals surface area contributed by atoms with Crippen LogP contribution in [0, 0.1) is 0 Å². The molecule has 10 rings (SSSR count). The first kappa shape index (κ1) is 39.3. The minimum atomic E-state index is -0.530. The fourth-order valence-corrected chi connectivity index (χ4v) is 8.92. The lowest BCUT2D eigenvalue weighted by atomic mass is 9.82. The minimum absolute atomic E-state index is 0.254. The van der Waals surface area contributed by atoms with E-state index < -0.39 is 7.69 Å². The Morgan fingerprint density at radius 2 is 0.905 bits per heavy atom. The molecule has 0 atom stereocenters. The van der Waals surface area contributed by atoms with Gasteiger partial charge in [0.15, 0.2) is 11.5 Å². The number of anilines is 6. The Labute approximate surface area is 370 Å². The average Bonchev–Trinajstić information content (AvgIpc) is 3.56. The predicted molar refractivity (Wildman–Crippen MR) is 261 cm³/mol. The summed E-state index contributed by atoms with van der Waals surface area (Å²) < 4.78 is 12.9. The van der Waals surface area contributed by atoms with Gasteiger partial charge in [-0.2, -0.15) is 0 Å². The summed E-state index contributed by atoms with van der Waals surface area (Å²) in [4.78, 5) is 4.46. The van der Waals surface area contributed by atoms with Gasteiger partial charge in [0.05, 0.1) is 5.69 Å².